The average molecular weight is 227 g/mol. The lowest BCUT2D eigenvalue weighted by atomic mass is 10.0. The first-order chi connectivity index (χ1) is 7.61. The van der Waals surface area contributed by atoms with E-state index in [1.807, 2.05) is 18.2 Å². The van der Waals surface area contributed by atoms with Crippen LogP contribution in [0.25, 0.3) is 0 Å². The van der Waals surface area contributed by atoms with Crippen LogP contribution in [0.15, 0.2) is 18.2 Å². The number of alkyl halides is 2. The second-order valence-corrected chi connectivity index (χ2v) is 4.10. The Morgan fingerprint density at radius 2 is 2.19 bits per heavy atom. The van der Waals surface area contributed by atoms with Gasteiger partial charge >= 0.3 is 0 Å². The van der Waals surface area contributed by atoms with Gasteiger partial charge in [-0.15, -0.1) is 0 Å². The lowest BCUT2D eigenvalue weighted by molar-refractivity contribution is 0.00246. The highest BCUT2D eigenvalue weighted by molar-refractivity contribution is 5.39. The summed E-state index contributed by atoms with van der Waals surface area (Å²) in [5, 5.41) is 0. The standard InChI is InChI=1S/C12H15F2NO/c13-12(14,8-15)5-3-9-1-2-11-10(7-9)4-6-16-11/h1-2,7H,3-6,8,15H2. The number of fused-ring (bicyclic) bond motifs is 1. The molecule has 0 saturated heterocycles. The van der Waals surface area contributed by atoms with Gasteiger partial charge in [-0.1, -0.05) is 12.1 Å². The third-order valence-electron chi connectivity index (χ3n) is 2.83. The van der Waals surface area contributed by atoms with Crippen molar-refractivity contribution in [2.75, 3.05) is 13.2 Å². The molecule has 1 aliphatic heterocycles. The molecular weight excluding hydrogens is 212 g/mol. The molecule has 2 rings (SSSR count). The van der Waals surface area contributed by atoms with Gasteiger partial charge in [0.15, 0.2) is 0 Å². The van der Waals surface area contributed by atoms with Crippen molar-refractivity contribution in [1.29, 1.82) is 0 Å². The number of hydrogen-bond acceptors (Lipinski definition) is 2. The summed E-state index contributed by atoms with van der Waals surface area (Å²) in [5.74, 6) is -1.87. The summed E-state index contributed by atoms with van der Waals surface area (Å²) in [6.45, 7) is 0.110. The molecule has 0 unspecified atom stereocenters. The van der Waals surface area contributed by atoms with Crippen molar-refractivity contribution in [2.45, 2.75) is 25.2 Å². The first-order valence-corrected chi connectivity index (χ1v) is 5.43. The largest absolute Gasteiger partial charge is 0.493 e. The van der Waals surface area contributed by atoms with Gasteiger partial charge in [-0.25, -0.2) is 8.78 Å². The molecule has 1 aromatic rings. The van der Waals surface area contributed by atoms with E-state index in [4.69, 9.17) is 10.5 Å². The second-order valence-electron chi connectivity index (χ2n) is 4.10. The number of nitrogens with two attached hydrogens (primary N) is 1. The van der Waals surface area contributed by atoms with Crippen LogP contribution in [0.2, 0.25) is 0 Å². The van der Waals surface area contributed by atoms with E-state index >= 15 is 0 Å². The Bertz CT molecular complexity index is 379. The van der Waals surface area contributed by atoms with Crippen molar-refractivity contribution in [3.8, 4) is 5.75 Å². The monoisotopic (exact) mass is 227 g/mol. The van der Waals surface area contributed by atoms with Crippen molar-refractivity contribution in [3.63, 3.8) is 0 Å². The van der Waals surface area contributed by atoms with Crippen LogP contribution >= 0.6 is 0 Å². The highest BCUT2D eigenvalue weighted by Crippen LogP contribution is 2.27. The summed E-state index contributed by atoms with van der Waals surface area (Å²) in [7, 11) is 0. The Labute approximate surface area is 93.4 Å². The molecule has 0 aliphatic carbocycles. The maximum absolute atomic E-state index is 13.0. The number of hydrogen-bond donors (Lipinski definition) is 1. The Balaban J connectivity index is 2.00. The van der Waals surface area contributed by atoms with Crippen molar-refractivity contribution in [1.82, 2.24) is 0 Å². The first kappa shape index (κ1) is 11.3. The topological polar surface area (TPSA) is 35.2 Å². The van der Waals surface area contributed by atoms with Crippen LogP contribution in [-0.2, 0) is 12.8 Å². The molecule has 0 atom stereocenters. The molecule has 16 heavy (non-hydrogen) atoms. The number of ether oxygens (including phenoxy) is 1. The van der Waals surface area contributed by atoms with E-state index in [1.165, 1.54) is 0 Å². The van der Waals surface area contributed by atoms with Gasteiger partial charge in [0, 0.05) is 12.8 Å². The summed E-state index contributed by atoms with van der Waals surface area (Å²) < 4.78 is 31.3. The second kappa shape index (κ2) is 4.37. The van der Waals surface area contributed by atoms with E-state index in [9.17, 15) is 8.78 Å². The zero-order chi connectivity index (χ0) is 11.6. The molecule has 1 heterocycles. The number of aryl methyl sites for hydroxylation is 1. The van der Waals surface area contributed by atoms with Gasteiger partial charge in [0.05, 0.1) is 13.2 Å². The molecule has 0 saturated carbocycles. The Kier molecular flexibility index (Phi) is 3.10. The van der Waals surface area contributed by atoms with Crippen LogP contribution in [0.3, 0.4) is 0 Å². The Morgan fingerprint density at radius 3 is 2.94 bits per heavy atom. The molecule has 0 bridgehead atoms. The zero-order valence-electron chi connectivity index (χ0n) is 9.01. The SMILES string of the molecule is NCC(F)(F)CCc1ccc2c(c1)CCO2. The molecule has 0 aromatic heterocycles. The molecule has 0 radical (unpaired) electrons. The molecular formula is C12H15F2NO. The van der Waals surface area contributed by atoms with Gasteiger partial charge in [0.1, 0.15) is 5.75 Å². The van der Waals surface area contributed by atoms with Crippen molar-refractivity contribution >= 4 is 0 Å². The minimum atomic E-state index is -2.75. The minimum Gasteiger partial charge on any atom is -0.493 e. The van der Waals surface area contributed by atoms with Crippen molar-refractivity contribution < 1.29 is 13.5 Å². The van der Waals surface area contributed by atoms with Crippen molar-refractivity contribution in [2.24, 2.45) is 5.73 Å². The van der Waals surface area contributed by atoms with E-state index in [0.717, 1.165) is 23.3 Å². The molecule has 88 valence electrons. The molecule has 0 amide bonds. The van der Waals surface area contributed by atoms with E-state index < -0.39 is 12.5 Å². The summed E-state index contributed by atoms with van der Waals surface area (Å²) in [6, 6.07) is 5.66. The molecule has 1 aliphatic rings. The van der Waals surface area contributed by atoms with E-state index in [2.05, 4.69) is 0 Å². The summed E-state index contributed by atoms with van der Waals surface area (Å²) >= 11 is 0. The smallest absolute Gasteiger partial charge is 0.260 e. The predicted molar refractivity (Wildman–Crippen MR) is 58.0 cm³/mol. The van der Waals surface area contributed by atoms with Gasteiger partial charge in [-0.2, -0.15) is 0 Å². The van der Waals surface area contributed by atoms with Crippen molar-refractivity contribution in [3.05, 3.63) is 29.3 Å². The molecule has 2 N–H and O–H groups in total. The minimum absolute atomic E-state index is 0.191. The Hall–Kier alpha value is -1.16. The zero-order valence-corrected chi connectivity index (χ0v) is 9.01. The van der Waals surface area contributed by atoms with Gasteiger partial charge in [0.25, 0.3) is 5.92 Å². The highest BCUT2D eigenvalue weighted by atomic mass is 19.3. The lowest BCUT2D eigenvalue weighted by Gasteiger charge is -2.13. The van der Waals surface area contributed by atoms with E-state index in [0.29, 0.717) is 13.0 Å². The maximum Gasteiger partial charge on any atom is 0.260 e. The molecule has 2 nitrogen and oxygen atoms in total. The predicted octanol–water partition coefficient (Wildman–Crippen LogP) is 2.15. The number of halogens is 2. The van der Waals surface area contributed by atoms with Crippen LogP contribution in [0, 0.1) is 0 Å². The van der Waals surface area contributed by atoms with E-state index in [1.54, 1.807) is 0 Å². The van der Waals surface area contributed by atoms with E-state index in [-0.39, 0.29) is 6.42 Å². The van der Waals surface area contributed by atoms with Crippen LogP contribution < -0.4 is 10.5 Å². The lowest BCUT2D eigenvalue weighted by Crippen LogP contribution is -2.28. The third-order valence-corrected chi connectivity index (χ3v) is 2.83. The number of rotatable bonds is 4. The summed E-state index contributed by atoms with van der Waals surface area (Å²) in [4.78, 5) is 0. The molecule has 1 aromatic carbocycles. The number of benzene rings is 1. The molecule has 0 fully saturated rings. The fraction of sp³-hybridized carbons (Fsp3) is 0.500. The summed E-state index contributed by atoms with van der Waals surface area (Å²) in [6.07, 6.45) is 1.04. The molecule has 4 heteroatoms. The fourth-order valence-corrected chi connectivity index (χ4v) is 1.82. The van der Waals surface area contributed by atoms with Gasteiger partial charge < -0.3 is 10.5 Å². The average Bonchev–Trinajstić information content (AvgIpc) is 2.73. The van der Waals surface area contributed by atoms with Crippen LogP contribution in [0.4, 0.5) is 8.78 Å². The van der Waals surface area contributed by atoms with Gasteiger partial charge in [0.2, 0.25) is 0 Å². The summed E-state index contributed by atoms with van der Waals surface area (Å²) in [5.41, 5.74) is 7.04. The third kappa shape index (κ3) is 2.50. The quantitative estimate of drug-likeness (QED) is 0.855. The first-order valence-electron chi connectivity index (χ1n) is 5.43. The Morgan fingerprint density at radius 1 is 1.38 bits per heavy atom. The fourth-order valence-electron chi connectivity index (χ4n) is 1.82. The van der Waals surface area contributed by atoms with Gasteiger partial charge in [-0.3, -0.25) is 0 Å². The van der Waals surface area contributed by atoms with Crippen LogP contribution in [-0.4, -0.2) is 19.1 Å². The highest BCUT2D eigenvalue weighted by Gasteiger charge is 2.26. The molecule has 0 spiro atoms. The van der Waals surface area contributed by atoms with Crippen LogP contribution in [0.1, 0.15) is 17.5 Å². The normalized spacial score (nSPS) is 14.7. The van der Waals surface area contributed by atoms with Crippen LogP contribution in [0.5, 0.6) is 5.75 Å². The van der Waals surface area contributed by atoms with Gasteiger partial charge in [-0.05, 0) is 23.6 Å². The maximum atomic E-state index is 13.0.